The first-order valence-corrected chi connectivity index (χ1v) is 9.74. The highest BCUT2D eigenvalue weighted by atomic mass is 16.2. The Balaban J connectivity index is 1.54. The van der Waals surface area contributed by atoms with Gasteiger partial charge in [0.25, 0.3) is 5.56 Å². The molecule has 2 aromatic rings. The van der Waals surface area contributed by atoms with Gasteiger partial charge in [-0.05, 0) is 19.5 Å². The van der Waals surface area contributed by atoms with E-state index in [1.54, 1.807) is 18.7 Å². The summed E-state index contributed by atoms with van der Waals surface area (Å²) in [5.41, 5.74) is -0.416. The molecule has 0 saturated carbocycles. The number of amides is 1. The Morgan fingerprint density at radius 2 is 1.82 bits per heavy atom. The number of fused-ring (bicyclic) bond motifs is 1. The molecule has 3 heterocycles. The summed E-state index contributed by atoms with van der Waals surface area (Å²) < 4.78 is 3.81. The summed E-state index contributed by atoms with van der Waals surface area (Å²) in [5, 5.41) is 2.81. The van der Waals surface area contributed by atoms with Crippen LogP contribution in [0.1, 0.15) is 13.3 Å². The molecule has 1 aliphatic heterocycles. The van der Waals surface area contributed by atoms with Crippen LogP contribution < -0.4 is 16.6 Å². The van der Waals surface area contributed by atoms with Crippen LogP contribution in [0, 0.1) is 0 Å². The standard InChI is InChI=1S/C18H29N7O3/c1-4-23-8-10-24(11-9-23)7-5-6-19-14(26)12-25-17(27)15-16(20-13-21(15)2)22(3)18(25)28/h13H,4-12H2,1-3H3,(H,19,26). The Labute approximate surface area is 163 Å². The molecule has 0 bridgehead atoms. The number of imidazole rings is 1. The SMILES string of the molecule is CCN1CCN(CCCNC(=O)Cn2c(=O)c3c(ncn3C)n(C)c2=O)CC1. The van der Waals surface area contributed by atoms with Gasteiger partial charge in [-0.3, -0.25) is 14.2 Å². The molecule has 0 unspecified atom stereocenters. The fourth-order valence-corrected chi connectivity index (χ4v) is 3.59. The minimum Gasteiger partial charge on any atom is -0.354 e. The second-order valence-electron chi connectivity index (χ2n) is 7.24. The van der Waals surface area contributed by atoms with Crippen molar-refractivity contribution < 1.29 is 4.79 Å². The average Bonchev–Trinajstić information content (AvgIpc) is 3.09. The fourth-order valence-electron chi connectivity index (χ4n) is 3.59. The third kappa shape index (κ3) is 4.17. The fraction of sp³-hybridized carbons (Fsp3) is 0.667. The van der Waals surface area contributed by atoms with E-state index in [4.69, 9.17) is 0 Å². The number of hydrogen-bond acceptors (Lipinski definition) is 6. The Morgan fingerprint density at radius 1 is 1.14 bits per heavy atom. The number of rotatable bonds is 7. The maximum absolute atomic E-state index is 12.6. The first-order valence-electron chi connectivity index (χ1n) is 9.74. The molecule has 10 nitrogen and oxygen atoms in total. The van der Waals surface area contributed by atoms with Gasteiger partial charge in [0.2, 0.25) is 5.91 Å². The molecule has 1 amide bonds. The van der Waals surface area contributed by atoms with Crippen LogP contribution in [-0.2, 0) is 25.4 Å². The normalized spacial score (nSPS) is 16.0. The van der Waals surface area contributed by atoms with Gasteiger partial charge in [-0.15, -0.1) is 0 Å². The van der Waals surface area contributed by atoms with E-state index in [1.165, 1.54) is 10.9 Å². The Kier molecular flexibility index (Phi) is 6.30. The lowest BCUT2D eigenvalue weighted by molar-refractivity contribution is -0.121. The summed E-state index contributed by atoms with van der Waals surface area (Å²) in [4.78, 5) is 46.2. The Bertz CT molecular complexity index is 950. The second-order valence-corrected chi connectivity index (χ2v) is 7.24. The number of nitrogens with one attached hydrogen (secondary N) is 1. The molecule has 1 fully saturated rings. The van der Waals surface area contributed by atoms with Gasteiger partial charge < -0.3 is 19.7 Å². The molecule has 10 heteroatoms. The van der Waals surface area contributed by atoms with Gasteiger partial charge in [-0.2, -0.15) is 0 Å². The molecule has 0 spiro atoms. The zero-order valence-electron chi connectivity index (χ0n) is 16.8. The molecule has 2 aromatic heterocycles. The number of piperazine rings is 1. The van der Waals surface area contributed by atoms with Gasteiger partial charge in [0, 0.05) is 46.8 Å². The largest absolute Gasteiger partial charge is 0.354 e. The van der Waals surface area contributed by atoms with E-state index in [9.17, 15) is 14.4 Å². The lowest BCUT2D eigenvalue weighted by Crippen LogP contribution is -2.47. The van der Waals surface area contributed by atoms with Gasteiger partial charge in [0.1, 0.15) is 6.54 Å². The zero-order chi connectivity index (χ0) is 20.3. The topological polar surface area (TPSA) is 97.4 Å². The molecule has 28 heavy (non-hydrogen) atoms. The predicted molar refractivity (Wildman–Crippen MR) is 106 cm³/mol. The van der Waals surface area contributed by atoms with Crippen LogP contribution in [0.5, 0.6) is 0 Å². The first-order chi connectivity index (χ1) is 13.4. The van der Waals surface area contributed by atoms with Crippen LogP contribution in [-0.4, -0.2) is 80.2 Å². The third-order valence-corrected chi connectivity index (χ3v) is 5.39. The molecule has 0 atom stereocenters. The van der Waals surface area contributed by atoms with Crippen molar-refractivity contribution in [3.05, 3.63) is 27.2 Å². The maximum atomic E-state index is 12.6. The molecular formula is C18H29N7O3. The van der Waals surface area contributed by atoms with Crippen LogP contribution in [0.2, 0.25) is 0 Å². The first kappa shape index (κ1) is 20.3. The van der Waals surface area contributed by atoms with E-state index in [-0.39, 0.29) is 12.5 Å². The molecule has 0 aliphatic carbocycles. The molecule has 0 radical (unpaired) electrons. The highest BCUT2D eigenvalue weighted by Crippen LogP contribution is 2.03. The van der Waals surface area contributed by atoms with Crippen molar-refractivity contribution in [3.8, 4) is 0 Å². The maximum Gasteiger partial charge on any atom is 0.332 e. The minimum absolute atomic E-state index is 0.290. The van der Waals surface area contributed by atoms with Crippen LogP contribution in [0.25, 0.3) is 11.2 Å². The molecule has 3 rings (SSSR count). The molecule has 1 aliphatic rings. The van der Waals surface area contributed by atoms with Crippen molar-refractivity contribution in [3.63, 3.8) is 0 Å². The number of carbonyl (C=O) groups excluding carboxylic acids is 1. The molecule has 1 saturated heterocycles. The molecule has 0 aromatic carbocycles. The summed E-state index contributed by atoms with van der Waals surface area (Å²) in [7, 11) is 3.23. The highest BCUT2D eigenvalue weighted by molar-refractivity contribution is 5.76. The molecule has 1 N–H and O–H groups in total. The second kappa shape index (κ2) is 8.70. The van der Waals surface area contributed by atoms with E-state index in [2.05, 4.69) is 27.0 Å². The van der Waals surface area contributed by atoms with Gasteiger partial charge >= 0.3 is 5.69 Å². The van der Waals surface area contributed by atoms with Crippen LogP contribution in [0.15, 0.2) is 15.9 Å². The smallest absolute Gasteiger partial charge is 0.332 e. The van der Waals surface area contributed by atoms with Gasteiger partial charge in [0.05, 0.1) is 6.33 Å². The monoisotopic (exact) mass is 391 g/mol. The van der Waals surface area contributed by atoms with Crippen molar-refractivity contribution in [2.45, 2.75) is 19.9 Å². The van der Waals surface area contributed by atoms with E-state index in [0.29, 0.717) is 17.7 Å². The van der Waals surface area contributed by atoms with E-state index < -0.39 is 11.2 Å². The van der Waals surface area contributed by atoms with Crippen LogP contribution in [0.3, 0.4) is 0 Å². The average molecular weight is 391 g/mol. The number of nitrogens with zero attached hydrogens (tertiary/aromatic N) is 6. The van der Waals surface area contributed by atoms with Gasteiger partial charge in [-0.25, -0.2) is 14.3 Å². The number of aryl methyl sites for hydroxylation is 2. The highest BCUT2D eigenvalue weighted by Gasteiger charge is 2.17. The summed E-state index contributed by atoms with van der Waals surface area (Å²) in [6.07, 6.45) is 2.32. The lowest BCUT2D eigenvalue weighted by Gasteiger charge is -2.33. The summed E-state index contributed by atoms with van der Waals surface area (Å²) in [6.45, 7) is 8.72. The van der Waals surface area contributed by atoms with Crippen LogP contribution in [0.4, 0.5) is 0 Å². The number of aromatic nitrogens is 4. The summed E-state index contributed by atoms with van der Waals surface area (Å²) >= 11 is 0. The number of carbonyl (C=O) groups is 1. The lowest BCUT2D eigenvalue weighted by atomic mass is 10.3. The van der Waals surface area contributed by atoms with E-state index >= 15 is 0 Å². The molecule has 154 valence electrons. The van der Waals surface area contributed by atoms with Crippen molar-refractivity contribution in [1.82, 2.24) is 33.8 Å². The zero-order valence-corrected chi connectivity index (χ0v) is 16.8. The quantitative estimate of drug-likeness (QED) is 0.582. The van der Waals surface area contributed by atoms with Gasteiger partial charge in [0.15, 0.2) is 11.2 Å². The Morgan fingerprint density at radius 3 is 2.50 bits per heavy atom. The predicted octanol–water partition coefficient (Wildman–Crippen LogP) is -1.42. The van der Waals surface area contributed by atoms with Crippen molar-refractivity contribution >= 4 is 17.1 Å². The van der Waals surface area contributed by atoms with Crippen molar-refractivity contribution in [1.29, 1.82) is 0 Å². The Hall–Kier alpha value is -2.46. The summed E-state index contributed by atoms with van der Waals surface area (Å²) in [5.74, 6) is -0.337. The number of likely N-dealkylation sites (N-methyl/N-ethyl adjacent to an activating group) is 1. The minimum atomic E-state index is -0.542. The van der Waals surface area contributed by atoms with Crippen LogP contribution >= 0.6 is 0 Å². The molecular weight excluding hydrogens is 362 g/mol. The van der Waals surface area contributed by atoms with E-state index in [0.717, 1.165) is 50.3 Å². The van der Waals surface area contributed by atoms with E-state index in [1.807, 2.05) is 0 Å². The van der Waals surface area contributed by atoms with Crippen molar-refractivity contribution in [2.24, 2.45) is 14.1 Å². The van der Waals surface area contributed by atoms with Gasteiger partial charge in [-0.1, -0.05) is 6.92 Å². The number of hydrogen-bond donors (Lipinski definition) is 1. The summed E-state index contributed by atoms with van der Waals surface area (Å²) in [6, 6.07) is 0. The van der Waals surface area contributed by atoms with Crippen molar-refractivity contribution in [2.75, 3.05) is 45.8 Å². The third-order valence-electron chi connectivity index (χ3n) is 5.39.